The quantitative estimate of drug-likeness (QED) is 0.617. The Morgan fingerprint density at radius 3 is 2.74 bits per heavy atom. The topological polar surface area (TPSA) is 107 Å². The number of hydrogen-bond acceptors (Lipinski definition) is 6. The average Bonchev–Trinajstić information content (AvgIpc) is 3.46. The number of aromatic nitrogens is 2. The number of carbonyl (C=O) groups excluding carboxylic acids is 1. The summed E-state index contributed by atoms with van der Waals surface area (Å²) in [4.78, 5) is 21.3. The monoisotopic (exact) mass is 370 g/mol. The van der Waals surface area contributed by atoms with Crippen LogP contribution in [0.25, 0.3) is 10.9 Å². The first-order chi connectivity index (χ1) is 13.1. The van der Waals surface area contributed by atoms with Crippen LogP contribution in [0.5, 0.6) is 0 Å². The molecule has 1 aromatic carbocycles. The molecule has 0 saturated heterocycles. The minimum absolute atomic E-state index is 0.116. The maximum atomic E-state index is 12.4. The van der Waals surface area contributed by atoms with Crippen molar-refractivity contribution < 1.29 is 15.0 Å². The second-order valence-corrected chi connectivity index (χ2v) is 7.77. The predicted octanol–water partition coefficient (Wildman–Crippen LogP) is 1.70. The Morgan fingerprint density at radius 2 is 2.00 bits per heavy atom. The first-order valence-electron chi connectivity index (χ1n) is 9.73. The van der Waals surface area contributed by atoms with Crippen LogP contribution >= 0.6 is 0 Å². The molecule has 2 aliphatic carbocycles. The summed E-state index contributed by atoms with van der Waals surface area (Å²) in [6, 6.07) is 5.71. The van der Waals surface area contributed by atoms with Crippen molar-refractivity contribution in [3.8, 4) is 0 Å². The number of anilines is 1. The molecule has 0 unspecified atom stereocenters. The van der Waals surface area contributed by atoms with Gasteiger partial charge in [-0.15, -0.1) is 0 Å². The minimum Gasteiger partial charge on any atom is -0.396 e. The molecule has 0 bridgehead atoms. The number of amides is 1. The standard InChI is InChI=1S/C20H26N4O3/c25-11-15-7-14(15)10-21-19(27)12-1-2-13-9-22-20(24-18(13)8-12)23-16-3-5-17(26)6-4-16/h1-2,8-9,14-17,25-26H,3-7,10-11H2,(H,21,27)(H,22,23,24)/t14-,15-,16-,17-/m1/s1. The summed E-state index contributed by atoms with van der Waals surface area (Å²) < 4.78 is 0. The third-order valence-corrected chi connectivity index (χ3v) is 5.70. The molecule has 2 aliphatic rings. The lowest BCUT2D eigenvalue weighted by molar-refractivity contribution is 0.0950. The largest absolute Gasteiger partial charge is 0.396 e. The Bertz CT molecular complexity index is 820. The number of nitrogens with zero attached hydrogens (tertiary/aromatic N) is 2. The lowest BCUT2D eigenvalue weighted by atomic mass is 9.93. The highest BCUT2D eigenvalue weighted by Crippen LogP contribution is 2.37. The Balaban J connectivity index is 1.42. The molecule has 2 saturated carbocycles. The van der Waals surface area contributed by atoms with Gasteiger partial charge < -0.3 is 20.8 Å². The van der Waals surface area contributed by atoms with E-state index >= 15 is 0 Å². The van der Waals surface area contributed by atoms with Crippen molar-refractivity contribution in [2.24, 2.45) is 11.8 Å². The van der Waals surface area contributed by atoms with Gasteiger partial charge in [-0.3, -0.25) is 4.79 Å². The summed E-state index contributed by atoms with van der Waals surface area (Å²) in [6.07, 6.45) is 5.96. The van der Waals surface area contributed by atoms with Gasteiger partial charge in [0.1, 0.15) is 0 Å². The van der Waals surface area contributed by atoms with E-state index in [9.17, 15) is 9.90 Å². The molecule has 7 heteroatoms. The highest BCUT2D eigenvalue weighted by atomic mass is 16.3. The Morgan fingerprint density at radius 1 is 1.19 bits per heavy atom. The van der Waals surface area contributed by atoms with Gasteiger partial charge in [-0.05, 0) is 56.1 Å². The van der Waals surface area contributed by atoms with E-state index in [1.54, 1.807) is 18.3 Å². The summed E-state index contributed by atoms with van der Waals surface area (Å²) >= 11 is 0. The van der Waals surface area contributed by atoms with E-state index in [4.69, 9.17) is 5.11 Å². The number of benzene rings is 1. The zero-order chi connectivity index (χ0) is 18.8. The van der Waals surface area contributed by atoms with Crippen LogP contribution in [0, 0.1) is 11.8 Å². The molecule has 2 atom stereocenters. The maximum Gasteiger partial charge on any atom is 0.251 e. The van der Waals surface area contributed by atoms with Crippen LogP contribution < -0.4 is 10.6 Å². The number of aliphatic hydroxyl groups is 2. The summed E-state index contributed by atoms with van der Waals surface area (Å²) in [5.41, 5.74) is 1.31. The third-order valence-electron chi connectivity index (χ3n) is 5.70. The van der Waals surface area contributed by atoms with E-state index < -0.39 is 0 Å². The predicted molar refractivity (Wildman–Crippen MR) is 102 cm³/mol. The zero-order valence-corrected chi connectivity index (χ0v) is 15.3. The molecule has 4 N–H and O–H groups in total. The first kappa shape index (κ1) is 18.1. The van der Waals surface area contributed by atoms with Gasteiger partial charge in [0, 0.05) is 36.3 Å². The van der Waals surface area contributed by atoms with Gasteiger partial charge in [0.25, 0.3) is 5.91 Å². The lowest BCUT2D eigenvalue weighted by Gasteiger charge is -2.26. The molecule has 2 aromatic rings. The summed E-state index contributed by atoms with van der Waals surface area (Å²) in [6.45, 7) is 0.801. The summed E-state index contributed by atoms with van der Waals surface area (Å²) in [5.74, 6) is 1.18. The fourth-order valence-corrected chi connectivity index (χ4v) is 3.75. The maximum absolute atomic E-state index is 12.4. The number of hydrogen-bond donors (Lipinski definition) is 4. The van der Waals surface area contributed by atoms with E-state index in [0.29, 0.717) is 29.9 Å². The van der Waals surface area contributed by atoms with Crippen molar-refractivity contribution in [2.75, 3.05) is 18.5 Å². The second-order valence-electron chi connectivity index (χ2n) is 7.77. The highest BCUT2D eigenvalue weighted by Gasteiger charge is 2.36. The third kappa shape index (κ3) is 4.36. The molecule has 0 radical (unpaired) electrons. The lowest BCUT2D eigenvalue weighted by Crippen LogP contribution is -2.28. The molecule has 0 aliphatic heterocycles. The number of fused-ring (bicyclic) bond motifs is 1. The van der Waals surface area contributed by atoms with Crippen molar-refractivity contribution in [3.63, 3.8) is 0 Å². The molecule has 7 nitrogen and oxygen atoms in total. The molecule has 1 heterocycles. The van der Waals surface area contributed by atoms with Gasteiger partial charge in [0.15, 0.2) is 0 Å². The molecular formula is C20H26N4O3. The van der Waals surface area contributed by atoms with E-state index in [-0.39, 0.29) is 24.7 Å². The Labute approximate surface area is 158 Å². The fourth-order valence-electron chi connectivity index (χ4n) is 3.75. The summed E-state index contributed by atoms with van der Waals surface area (Å²) in [7, 11) is 0. The Hall–Kier alpha value is -2.25. The van der Waals surface area contributed by atoms with Gasteiger partial charge in [0.05, 0.1) is 11.6 Å². The van der Waals surface area contributed by atoms with Crippen LogP contribution in [0.15, 0.2) is 24.4 Å². The summed E-state index contributed by atoms with van der Waals surface area (Å²) in [5, 5.41) is 25.9. The van der Waals surface area contributed by atoms with Crippen molar-refractivity contribution >= 4 is 22.8 Å². The number of aliphatic hydroxyl groups excluding tert-OH is 2. The second kappa shape index (κ2) is 7.78. The molecule has 27 heavy (non-hydrogen) atoms. The van der Waals surface area contributed by atoms with Gasteiger partial charge in [-0.25, -0.2) is 9.97 Å². The van der Waals surface area contributed by atoms with Crippen molar-refractivity contribution in [2.45, 2.75) is 44.2 Å². The molecule has 1 amide bonds. The molecule has 0 spiro atoms. The van der Waals surface area contributed by atoms with Crippen LogP contribution in [-0.2, 0) is 0 Å². The van der Waals surface area contributed by atoms with E-state index in [2.05, 4.69) is 20.6 Å². The van der Waals surface area contributed by atoms with Gasteiger partial charge in [-0.2, -0.15) is 0 Å². The number of rotatable bonds is 6. The average molecular weight is 370 g/mol. The zero-order valence-electron chi connectivity index (χ0n) is 15.3. The van der Waals surface area contributed by atoms with Crippen molar-refractivity contribution in [1.82, 2.24) is 15.3 Å². The number of nitrogens with one attached hydrogen (secondary N) is 2. The molecular weight excluding hydrogens is 344 g/mol. The highest BCUT2D eigenvalue weighted by molar-refractivity contribution is 5.97. The van der Waals surface area contributed by atoms with Gasteiger partial charge >= 0.3 is 0 Å². The van der Waals surface area contributed by atoms with Crippen LogP contribution in [0.2, 0.25) is 0 Å². The van der Waals surface area contributed by atoms with E-state index in [1.165, 1.54) is 0 Å². The van der Waals surface area contributed by atoms with Gasteiger partial charge in [-0.1, -0.05) is 6.07 Å². The van der Waals surface area contributed by atoms with Gasteiger partial charge in [0.2, 0.25) is 5.95 Å². The molecule has 4 rings (SSSR count). The van der Waals surface area contributed by atoms with E-state index in [1.807, 2.05) is 6.07 Å². The molecule has 2 fully saturated rings. The van der Waals surface area contributed by atoms with Crippen molar-refractivity contribution in [1.29, 1.82) is 0 Å². The normalized spacial score (nSPS) is 27.3. The fraction of sp³-hybridized carbons (Fsp3) is 0.550. The molecule has 144 valence electrons. The number of carbonyl (C=O) groups is 1. The van der Waals surface area contributed by atoms with Crippen molar-refractivity contribution in [3.05, 3.63) is 30.0 Å². The van der Waals surface area contributed by atoms with E-state index in [0.717, 1.165) is 43.0 Å². The van der Waals surface area contributed by atoms with Crippen LogP contribution in [0.4, 0.5) is 5.95 Å². The smallest absolute Gasteiger partial charge is 0.251 e. The first-order valence-corrected chi connectivity index (χ1v) is 9.73. The van der Waals surface area contributed by atoms with Crippen LogP contribution in [-0.4, -0.2) is 51.4 Å². The SMILES string of the molecule is O=C(NC[C@H]1C[C@@H]1CO)c1ccc2cnc(N[C@H]3CC[C@H](O)CC3)nc2c1. The molecule has 1 aromatic heterocycles. The van der Waals surface area contributed by atoms with Crippen LogP contribution in [0.1, 0.15) is 42.5 Å². The minimum atomic E-state index is -0.190. The van der Waals surface area contributed by atoms with Crippen LogP contribution in [0.3, 0.4) is 0 Å². The Kier molecular flexibility index (Phi) is 5.22.